The van der Waals surface area contributed by atoms with Crippen molar-refractivity contribution in [1.29, 1.82) is 0 Å². The van der Waals surface area contributed by atoms with E-state index in [1.165, 1.54) is 23.9 Å². The van der Waals surface area contributed by atoms with Crippen LogP contribution in [-0.2, 0) is 11.3 Å². The number of hydrogen-bond donors (Lipinski definition) is 2. The molecule has 0 atom stereocenters. The van der Waals surface area contributed by atoms with E-state index in [9.17, 15) is 13.6 Å². The molecule has 140 valence electrons. The predicted molar refractivity (Wildman–Crippen MR) is 98.6 cm³/mol. The molecule has 0 aliphatic heterocycles. The Kier molecular flexibility index (Phi) is 5.66. The number of carbonyl (C=O) groups excluding carboxylic acids is 1. The Morgan fingerprint density at radius 2 is 1.96 bits per heavy atom. The third kappa shape index (κ3) is 5.01. The van der Waals surface area contributed by atoms with Crippen molar-refractivity contribution in [2.75, 3.05) is 5.32 Å². The molecular formula is C18H16ClF2N5O. The molecule has 0 fully saturated rings. The number of nitrogens with zero attached hydrogens (tertiary/aromatic N) is 3. The summed E-state index contributed by atoms with van der Waals surface area (Å²) >= 11 is 5.89. The minimum atomic E-state index is -2.67. The van der Waals surface area contributed by atoms with Gasteiger partial charge in [-0.3, -0.25) is 4.79 Å². The Morgan fingerprint density at radius 3 is 2.59 bits per heavy atom. The van der Waals surface area contributed by atoms with Crippen LogP contribution in [0, 0.1) is 0 Å². The number of nitrogens with one attached hydrogen (secondary N) is 2. The molecule has 2 heterocycles. The van der Waals surface area contributed by atoms with Crippen LogP contribution in [-0.4, -0.2) is 20.7 Å². The van der Waals surface area contributed by atoms with Crippen molar-refractivity contribution in [2.24, 2.45) is 0 Å². The van der Waals surface area contributed by atoms with Crippen molar-refractivity contribution in [3.63, 3.8) is 0 Å². The molecular weight excluding hydrogens is 376 g/mol. The van der Waals surface area contributed by atoms with Gasteiger partial charge in [0, 0.05) is 30.4 Å². The van der Waals surface area contributed by atoms with Crippen LogP contribution >= 0.6 is 11.6 Å². The first kappa shape index (κ1) is 18.8. The van der Waals surface area contributed by atoms with E-state index in [0.717, 1.165) is 11.3 Å². The van der Waals surface area contributed by atoms with Crippen LogP contribution in [0.25, 0.3) is 5.82 Å². The van der Waals surface area contributed by atoms with E-state index in [-0.39, 0.29) is 18.1 Å². The van der Waals surface area contributed by atoms with Gasteiger partial charge < -0.3 is 10.6 Å². The predicted octanol–water partition coefficient (Wildman–Crippen LogP) is 4.24. The lowest BCUT2D eigenvalue weighted by molar-refractivity contribution is -0.119. The number of amides is 1. The van der Waals surface area contributed by atoms with E-state index in [1.54, 1.807) is 36.4 Å². The van der Waals surface area contributed by atoms with Crippen LogP contribution < -0.4 is 10.6 Å². The Morgan fingerprint density at radius 1 is 1.22 bits per heavy atom. The second-order valence-corrected chi connectivity index (χ2v) is 6.18. The van der Waals surface area contributed by atoms with Crippen LogP contribution in [0.4, 0.5) is 20.3 Å². The van der Waals surface area contributed by atoms with Gasteiger partial charge in [-0.05, 0) is 48.0 Å². The monoisotopic (exact) mass is 391 g/mol. The lowest BCUT2D eigenvalue weighted by Crippen LogP contribution is -2.19. The van der Waals surface area contributed by atoms with Gasteiger partial charge in [-0.1, -0.05) is 11.6 Å². The van der Waals surface area contributed by atoms with Gasteiger partial charge in [0.25, 0.3) is 6.43 Å². The summed E-state index contributed by atoms with van der Waals surface area (Å²) in [5.41, 5.74) is 1.15. The molecule has 9 heteroatoms. The molecule has 3 rings (SSSR count). The summed E-state index contributed by atoms with van der Waals surface area (Å²) in [7, 11) is 0. The number of carbonyl (C=O) groups is 1. The minimum absolute atomic E-state index is 0.181. The van der Waals surface area contributed by atoms with Crippen molar-refractivity contribution < 1.29 is 13.6 Å². The average molecular weight is 392 g/mol. The fraction of sp³-hybridized carbons (Fsp3) is 0.167. The molecule has 3 aromatic rings. The first-order valence-electron chi connectivity index (χ1n) is 8.03. The average Bonchev–Trinajstić information content (AvgIpc) is 3.12. The fourth-order valence-electron chi connectivity index (χ4n) is 2.34. The largest absolute Gasteiger partial charge is 0.352 e. The van der Waals surface area contributed by atoms with Gasteiger partial charge in [-0.25, -0.2) is 18.4 Å². The lowest BCUT2D eigenvalue weighted by atomic mass is 10.2. The normalized spacial score (nSPS) is 10.9. The summed E-state index contributed by atoms with van der Waals surface area (Å²) in [5.74, 6) is 0.644. The molecule has 0 aliphatic rings. The van der Waals surface area contributed by atoms with E-state index in [0.29, 0.717) is 16.7 Å². The maximum Gasteiger partial charge on any atom is 0.282 e. The quantitative estimate of drug-likeness (QED) is 0.659. The molecule has 0 unspecified atom stereocenters. The summed E-state index contributed by atoms with van der Waals surface area (Å²) in [6, 6.07) is 11.7. The Hall–Kier alpha value is -3.00. The van der Waals surface area contributed by atoms with Gasteiger partial charge in [0.05, 0.1) is 0 Å². The molecule has 0 radical (unpaired) electrons. The highest BCUT2D eigenvalue weighted by Crippen LogP contribution is 2.22. The number of pyridine rings is 1. The summed E-state index contributed by atoms with van der Waals surface area (Å²) in [4.78, 5) is 15.6. The highest BCUT2D eigenvalue weighted by atomic mass is 35.5. The first-order valence-corrected chi connectivity index (χ1v) is 8.40. The van der Waals surface area contributed by atoms with Crippen LogP contribution in [0.5, 0.6) is 0 Å². The zero-order valence-electron chi connectivity index (χ0n) is 14.3. The maximum absolute atomic E-state index is 12.8. The van der Waals surface area contributed by atoms with Crippen molar-refractivity contribution >= 4 is 29.0 Å². The molecule has 27 heavy (non-hydrogen) atoms. The van der Waals surface area contributed by atoms with E-state index < -0.39 is 6.43 Å². The van der Waals surface area contributed by atoms with Crippen LogP contribution in [0.3, 0.4) is 0 Å². The standard InChI is InChI=1S/C18H16ClF2N5O/c1-11(27)22-10-12-8-16(23-14-4-2-13(19)3-5-14)24-17(9-12)26-7-6-15(25-26)18(20)21/h2-9,18H,10H2,1H3,(H,22,27)(H,23,24). The van der Waals surface area contributed by atoms with Gasteiger partial charge >= 0.3 is 0 Å². The van der Waals surface area contributed by atoms with Gasteiger partial charge in [0.1, 0.15) is 11.5 Å². The second-order valence-electron chi connectivity index (χ2n) is 5.75. The van der Waals surface area contributed by atoms with Crippen LogP contribution in [0.15, 0.2) is 48.7 Å². The van der Waals surface area contributed by atoms with E-state index in [1.807, 2.05) is 0 Å². The summed E-state index contributed by atoms with van der Waals surface area (Å²) < 4.78 is 26.9. The Balaban J connectivity index is 1.94. The van der Waals surface area contributed by atoms with Crippen LogP contribution in [0.1, 0.15) is 24.6 Å². The van der Waals surface area contributed by atoms with E-state index >= 15 is 0 Å². The molecule has 0 saturated heterocycles. The second kappa shape index (κ2) is 8.13. The van der Waals surface area contributed by atoms with Crippen molar-refractivity contribution in [2.45, 2.75) is 19.9 Å². The van der Waals surface area contributed by atoms with Gasteiger partial charge in [0.2, 0.25) is 5.91 Å². The zero-order valence-corrected chi connectivity index (χ0v) is 15.0. The smallest absolute Gasteiger partial charge is 0.282 e. The number of alkyl halides is 2. The highest BCUT2D eigenvalue weighted by Gasteiger charge is 2.13. The number of aromatic nitrogens is 3. The molecule has 0 saturated carbocycles. The highest BCUT2D eigenvalue weighted by molar-refractivity contribution is 6.30. The molecule has 1 amide bonds. The first-order chi connectivity index (χ1) is 12.9. The third-order valence-electron chi connectivity index (χ3n) is 3.60. The Labute approximate surface area is 159 Å². The summed E-state index contributed by atoms with van der Waals surface area (Å²) in [5, 5.41) is 10.3. The van der Waals surface area contributed by atoms with Crippen molar-refractivity contribution in [3.05, 3.63) is 64.9 Å². The Bertz CT molecular complexity index is 943. The van der Waals surface area contributed by atoms with Crippen molar-refractivity contribution in [3.8, 4) is 5.82 Å². The van der Waals surface area contributed by atoms with Crippen molar-refractivity contribution in [1.82, 2.24) is 20.1 Å². The number of rotatable bonds is 6. The minimum Gasteiger partial charge on any atom is -0.352 e. The maximum atomic E-state index is 12.8. The summed E-state index contributed by atoms with van der Waals surface area (Å²) in [6.07, 6.45) is -1.25. The molecule has 0 aliphatic carbocycles. The van der Waals surface area contributed by atoms with Gasteiger partial charge in [-0.2, -0.15) is 5.10 Å². The number of anilines is 2. The fourth-order valence-corrected chi connectivity index (χ4v) is 2.47. The van der Waals surface area contributed by atoms with E-state index in [4.69, 9.17) is 11.6 Å². The number of halogens is 3. The van der Waals surface area contributed by atoms with Gasteiger partial charge in [0.15, 0.2) is 5.82 Å². The molecule has 2 N–H and O–H groups in total. The number of hydrogen-bond acceptors (Lipinski definition) is 4. The number of benzene rings is 1. The van der Waals surface area contributed by atoms with Gasteiger partial charge in [-0.15, -0.1) is 0 Å². The molecule has 2 aromatic heterocycles. The molecule has 0 spiro atoms. The third-order valence-corrected chi connectivity index (χ3v) is 3.85. The molecule has 6 nitrogen and oxygen atoms in total. The molecule has 0 bridgehead atoms. The van der Waals surface area contributed by atoms with E-state index in [2.05, 4.69) is 20.7 Å². The van der Waals surface area contributed by atoms with Crippen LogP contribution in [0.2, 0.25) is 5.02 Å². The lowest BCUT2D eigenvalue weighted by Gasteiger charge is -2.11. The topological polar surface area (TPSA) is 71.8 Å². The SMILES string of the molecule is CC(=O)NCc1cc(Nc2ccc(Cl)cc2)nc(-n2ccc(C(F)F)n2)c1. The summed E-state index contributed by atoms with van der Waals surface area (Å²) in [6.45, 7) is 1.68. The zero-order chi connectivity index (χ0) is 19.4. The molecule has 1 aromatic carbocycles.